The van der Waals surface area contributed by atoms with E-state index in [1.165, 1.54) is 24.2 Å². The van der Waals surface area contributed by atoms with Crippen LogP contribution < -0.4 is 20.4 Å². The summed E-state index contributed by atoms with van der Waals surface area (Å²) >= 11 is 1.51. The zero-order chi connectivity index (χ0) is 23.8. The van der Waals surface area contributed by atoms with Crippen LogP contribution in [0.3, 0.4) is 0 Å². The molecule has 0 spiro atoms. The van der Waals surface area contributed by atoms with Gasteiger partial charge in [-0.3, -0.25) is 4.90 Å². The Hall–Kier alpha value is -3.01. The number of fused-ring (bicyclic) bond motifs is 1. The van der Waals surface area contributed by atoms with Crippen molar-refractivity contribution >= 4 is 45.0 Å². The molecule has 1 saturated carbocycles. The van der Waals surface area contributed by atoms with Crippen molar-refractivity contribution in [3.05, 3.63) is 30.0 Å². The predicted molar refractivity (Wildman–Crippen MR) is 135 cm³/mol. The van der Waals surface area contributed by atoms with Crippen LogP contribution in [0.4, 0.5) is 31.1 Å². The lowest BCUT2D eigenvalue weighted by molar-refractivity contribution is 0.113. The lowest BCUT2D eigenvalue weighted by atomic mass is 10.0. The highest BCUT2D eigenvalue weighted by Gasteiger charge is 2.43. The van der Waals surface area contributed by atoms with Gasteiger partial charge in [-0.1, -0.05) is 11.3 Å². The Bertz CT molecular complexity index is 1050. The number of benzene rings is 1. The minimum Gasteiger partial charge on any atom is -0.450 e. The number of nitrogens with zero attached hydrogens (tertiary/aromatic N) is 4. The minimum absolute atomic E-state index is 0.218. The van der Waals surface area contributed by atoms with E-state index in [2.05, 4.69) is 20.5 Å². The fraction of sp³-hybridized carbons (Fsp3) is 0.542. The first-order valence-corrected chi connectivity index (χ1v) is 12.8. The molecule has 2 atom stereocenters. The number of hydrogen-bond donors (Lipinski definition) is 2. The van der Waals surface area contributed by atoms with Crippen molar-refractivity contribution in [2.45, 2.75) is 45.2 Å². The molecule has 3 heterocycles. The standard InChI is InChI=1S/C24H32N6O3S/c1-4-33-24(32)29-13-16-11-12-30(20(16)14-29)19-9-7-18(8-10-19)27-22(31)28(3)23-25-15(2)21(34-23)26-17-5-6-17/h7-10,16-17,20,26H,4-6,11-14H2,1-3H3,(H,27,31). The lowest BCUT2D eigenvalue weighted by Crippen LogP contribution is -2.37. The maximum absolute atomic E-state index is 12.8. The average Bonchev–Trinajstić information content (AvgIpc) is 3.22. The molecule has 2 unspecified atom stereocenters. The van der Waals surface area contributed by atoms with Crippen LogP contribution in [0, 0.1) is 12.8 Å². The monoisotopic (exact) mass is 484 g/mol. The Labute approximate surface area is 204 Å². The van der Waals surface area contributed by atoms with Gasteiger partial charge in [0.15, 0.2) is 5.13 Å². The number of nitrogens with one attached hydrogen (secondary N) is 2. The fourth-order valence-electron chi connectivity index (χ4n) is 4.75. The van der Waals surface area contributed by atoms with E-state index < -0.39 is 0 Å². The molecule has 1 aliphatic carbocycles. The van der Waals surface area contributed by atoms with Gasteiger partial charge in [0.2, 0.25) is 0 Å². The van der Waals surface area contributed by atoms with Crippen LogP contribution in [-0.4, -0.2) is 67.4 Å². The van der Waals surface area contributed by atoms with Crippen molar-refractivity contribution in [2.75, 3.05) is 53.7 Å². The summed E-state index contributed by atoms with van der Waals surface area (Å²) in [5.41, 5.74) is 2.77. The van der Waals surface area contributed by atoms with Crippen LogP contribution in [0.5, 0.6) is 0 Å². The van der Waals surface area contributed by atoms with Crippen LogP contribution in [-0.2, 0) is 4.74 Å². The number of amides is 3. The molecule has 9 nitrogen and oxygen atoms in total. The van der Waals surface area contributed by atoms with Gasteiger partial charge in [0.1, 0.15) is 5.00 Å². The molecule has 3 amide bonds. The summed E-state index contributed by atoms with van der Waals surface area (Å²) in [5, 5.41) is 8.16. The van der Waals surface area contributed by atoms with Crippen molar-refractivity contribution in [2.24, 2.45) is 5.92 Å². The quantitative estimate of drug-likeness (QED) is 0.633. The molecule has 3 aliphatic rings. The Morgan fingerprint density at radius 1 is 1.21 bits per heavy atom. The molecule has 34 heavy (non-hydrogen) atoms. The van der Waals surface area contributed by atoms with Gasteiger partial charge >= 0.3 is 12.1 Å². The number of ether oxygens (including phenoxy) is 1. The number of aryl methyl sites for hydroxylation is 1. The number of anilines is 4. The SMILES string of the molecule is CCOC(=O)N1CC2CCN(c3ccc(NC(=O)N(C)c4nc(C)c(NC5CC5)s4)cc3)C2C1. The van der Waals surface area contributed by atoms with E-state index in [0.717, 1.165) is 41.6 Å². The van der Waals surface area contributed by atoms with E-state index in [4.69, 9.17) is 4.74 Å². The first-order chi connectivity index (χ1) is 16.4. The largest absolute Gasteiger partial charge is 0.450 e. The first kappa shape index (κ1) is 22.8. The summed E-state index contributed by atoms with van der Waals surface area (Å²) in [5.74, 6) is 0.471. The topological polar surface area (TPSA) is 90.0 Å². The smallest absolute Gasteiger partial charge is 0.409 e. The molecule has 5 rings (SSSR count). The number of carbonyl (C=O) groups excluding carboxylic acids is 2. The van der Waals surface area contributed by atoms with Gasteiger partial charge in [-0.25, -0.2) is 14.6 Å². The van der Waals surface area contributed by atoms with Crippen LogP contribution in [0.2, 0.25) is 0 Å². The maximum atomic E-state index is 12.8. The van der Waals surface area contributed by atoms with Gasteiger partial charge in [0, 0.05) is 50.0 Å². The van der Waals surface area contributed by atoms with Gasteiger partial charge in [-0.15, -0.1) is 0 Å². The fourth-order valence-corrected chi connectivity index (χ4v) is 5.75. The molecule has 1 aromatic carbocycles. The number of rotatable bonds is 6. The molecule has 2 aliphatic heterocycles. The second kappa shape index (κ2) is 9.32. The van der Waals surface area contributed by atoms with E-state index in [1.54, 1.807) is 11.9 Å². The zero-order valence-electron chi connectivity index (χ0n) is 19.9. The molecule has 2 aromatic rings. The van der Waals surface area contributed by atoms with Crippen molar-refractivity contribution in [3.8, 4) is 0 Å². The van der Waals surface area contributed by atoms with Crippen LogP contribution in [0.25, 0.3) is 0 Å². The molecular formula is C24H32N6O3S. The van der Waals surface area contributed by atoms with E-state index >= 15 is 0 Å². The highest BCUT2D eigenvalue weighted by Crippen LogP contribution is 2.36. The highest BCUT2D eigenvalue weighted by atomic mass is 32.1. The number of urea groups is 1. The van der Waals surface area contributed by atoms with E-state index in [1.807, 2.05) is 43.0 Å². The summed E-state index contributed by atoms with van der Waals surface area (Å²) < 4.78 is 5.18. The summed E-state index contributed by atoms with van der Waals surface area (Å²) in [6.45, 7) is 6.62. The molecule has 0 radical (unpaired) electrons. The molecule has 182 valence electrons. The van der Waals surface area contributed by atoms with Gasteiger partial charge in [0.05, 0.1) is 18.3 Å². The third kappa shape index (κ3) is 4.64. The van der Waals surface area contributed by atoms with Gasteiger partial charge in [-0.2, -0.15) is 0 Å². The van der Waals surface area contributed by atoms with Gasteiger partial charge in [0.25, 0.3) is 0 Å². The Morgan fingerprint density at radius 3 is 2.68 bits per heavy atom. The predicted octanol–water partition coefficient (Wildman–Crippen LogP) is 4.36. The summed E-state index contributed by atoms with van der Waals surface area (Å²) in [4.78, 5) is 35.2. The van der Waals surface area contributed by atoms with Crippen molar-refractivity contribution in [1.82, 2.24) is 9.88 Å². The van der Waals surface area contributed by atoms with Crippen LogP contribution in [0.1, 0.15) is 31.9 Å². The third-order valence-electron chi connectivity index (χ3n) is 6.81. The molecule has 2 N–H and O–H groups in total. The van der Waals surface area contributed by atoms with Gasteiger partial charge in [-0.05, 0) is 57.4 Å². The lowest BCUT2D eigenvalue weighted by Gasteiger charge is -2.27. The molecular weight excluding hydrogens is 452 g/mol. The number of aromatic nitrogens is 1. The van der Waals surface area contributed by atoms with Crippen molar-refractivity contribution < 1.29 is 14.3 Å². The number of thiazole rings is 1. The van der Waals surface area contributed by atoms with E-state index in [-0.39, 0.29) is 12.1 Å². The van der Waals surface area contributed by atoms with E-state index in [9.17, 15) is 9.59 Å². The second-order valence-electron chi connectivity index (χ2n) is 9.28. The molecule has 10 heteroatoms. The van der Waals surface area contributed by atoms with Crippen LogP contribution >= 0.6 is 11.3 Å². The first-order valence-electron chi connectivity index (χ1n) is 12.0. The Morgan fingerprint density at radius 2 is 1.97 bits per heavy atom. The highest BCUT2D eigenvalue weighted by molar-refractivity contribution is 7.19. The molecule has 2 saturated heterocycles. The summed E-state index contributed by atoms with van der Waals surface area (Å²) in [7, 11) is 1.74. The van der Waals surface area contributed by atoms with Gasteiger partial charge < -0.3 is 25.2 Å². The van der Waals surface area contributed by atoms with Crippen LogP contribution in [0.15, 0.2) is 24.3 Å². The maximum Gasteiger partial charge on any atom is 0.409 e. The summed E-state index contributed by atoms with van der Waals surface area (Å²) in [6, 6.07) is 8.57. The number of hydrogen-bond acceptors (Lipinski definition) is 7. The third-order valence-corrected chi connectivity index (χ3v) is 7.98. The minimum atomic E-state index is -0.221. The van der Waals surface area contributed by atoms with Crippen molar-refractivity contribution in [1.29, 1.82) is 0 Å². The summed E-state index contributed by atoms with van der Waals surface area (Å²) in [6.07, 6.45) is 3.24. The number of likely N-dealkylation sites (tertiary alicyclic amines) is 1. The number of carbonyl (C=O) groups is 2. The average molecular weight is 485 g/mol. The normalized spacial score (nSPS) is 21.4. The molecule has 0 bridgehead atoms. The van der Waals surface area contributed by atoms with E-state index in [0.29, 0.717) is 36.3 Å². The Balaban J connectivity index is 1.19. The molecule has 1 aromatic heterocycles. The molecule has 3 fully saturated rings. The second-order valence-corrected chi connectivity index (χ2v) is 10.3. The Kier molecular flexibility index (Phi) is 6.24. The van der Waals surface area contributed by atoms with Crippen molar-refractivity contribution in [3.63, 3.8) is 0 Å². The zero-order valence-corrected chi connectivity index (χ0v) is 20.7.